The summed E-state index contributed by atoms with van der Waals surface area (Å²) in [6.45, 7) is 3.10. The van der Waals surface area contributed by atoms with E-state index in [1.165, 1.54) is 4.31 Å². The molecule has 6 heteroatoms. The minimum Gasteiger partial charge on any atom is -0.328 e. The number of halogens is 1. The van der Waals surface area contributed by atoms with Crippen molar-refractivity contribution >= 4 is 22.4 Å². The average Bonchev–Trinajstić information content (AvgIpc) is 2.39. The average molecular weight is 305 g/mol. The van der Waals surface area contributed by atoms with Gasteiger partial charge in [-0.1, -0.05) is 19.1 Å². The Morgan fingerprint density at radius 1 is 1.21 bits per heavy atom. The Hall–Kier alpha value is -0.620. The summed E-state index contributed by atoms with van der Waals surface area (Å²) in [4.78, 5) is 0.384. The lowest BCUT2D eigenvalue weighted by molar-refractivity contribution is 0.320. The van der Waals surface area contributed by atoms with Crippen molar-refractivity contribution in [3.63, 3.8) is 0 Å². The van der Waals surface area contributed by atoms with E-state index in [-0.39, 0.29) is 18.4 Å². The van der Waals surface area contributed by atoms with Gasteiger partial charge in [-0.15, -0.1) is 12.4 Å². The molecule has 19 heavy (non-hydrogen) atoms. The normalized spacial score (nSPS) is 18.0. The first-order valence-electron chi connectivity index (χ1n) is 6.38. The lowest BCUT2D eigenvalue weighted by Crippen LogP contribution is -2.42. The van der Waals surface area contributed by atoms with Gasteiger partial charge < -0.3 is 5.73 Å². The van der Waals surface area contributed by atoms with Crippen LogP contribution in [0.5, 0.6) is 0 Å². The second kappa shape index (κ2) is 6.70. The molecule has 1 aromatic rings. The summed E-state index contributed by atoms with van der Waals surface area (Å²) in [6, 6.07) is 7.29. The standard InChI is InChI=1S/C13H20N2O2S.ClH/c1-2-11-3-5-13(6-4-11)18(16,17)15-9-7-12(14)8-10-15;/h3-6,12H,2,7-10,14H2,1H3;1H. The van der Waals surface area contributed by atoms with Crippen molar-refractivity contribution in [1.29, 1.82) is 0 Å². The fourth-order valence-corrected chi connectivity index (χ4v) is 3.63. The van der Waals surface area contributed by atoms with Crippen molar-refractivity contribution < 1.29 is 8.42 Å². The molecule has 0 spiro atoms. The highest BCUT2D eigenvalue weighted by Gasteiger charge is 2.27. The van der Waals surface area contributed by atoms with Crippen LogP contribution < -0.4 is 5.73 Å². The monoisotopic (exact) mass is 304 g/mol. The molecule has 1 aliphatic rings. The maximum atomic E-state index is 12.4. The third kappa shape index (κ3) is 3.69. The Bertz CT molecular complexity index is 494. The zero-order valence-corrected chi connectivity index (χ0v) is 12.7. The van der Waals surface area contributed by atoms with Gasteiger partial charge in [0.15, 0.2) is 0 Å². The highest BCUT2D eigenvalue weighted by Crippen LogP contribution is 2.20. The van der Waals surface area contributed by atoms with E-state index in [9.17, 15) is 8.42 Å². The molecule has 0 atom stereocenters. The van der Waals surface area contributed by atoms with Crippen molar-refractivity contribution in [2.24, 2.45) is 5.73 Å². The summed E-state index contributed by atoms with van der Waals surface area (Å²) >= 11 is 0. The molecule has 2 N–H and O–H groups in total. The lowest BCUT2D eigenvalue weighted by atomic mass is 10.1. The predicted octanol–water partition coefficient (Wildman–Crippen LogP) is 1.78. The number of sulfonamides is 1. The first-order valence-corrected chi connectivity index (χ1v) is 7.82. The smallest absolute Gasteiger partial charge is 0.243 e. The number of aryl methyl sites for hydroxylation is 1. The Morgan fingerprint density at radius 3 is 2.21 bits per heavy atom. The molecule has 4 nitrogen and oxygen atoms in total. The highest BCUT2D eigenvalue weighted by molar-refractivity contribution is 7.89. The molecular formula is C13H21ClN2O2S. The Morgan fingerprint density at radius 2 is 1.74 bits per heavy atom. The number of piperidine rings is 1. The summed E-state index contributed by atoms with van der Waals surface area (Å²) in [5.74, 6) is 0. The number of hydrogen-bond donors (Lipinski definition) is 1. The number of benzene rings is 1. The molecule has 0 bridgehead atoms. The SMILES string of the molecule is CCc1ccc(S(=O)(=O)N2CCC(N)CC2)cc1.Cl. The third-order valence-corrected chi connectivity index (χ3v) is 5.38. The molecule has 1 aromatic carbocycles. The van der Waals surface area contributed by atoms with Crippen LogP contribution in [-0.4, -0.2) is 31.9 Å². The fraction of sp³-hybridized carbons (Fsp3) is 0.538. The summed E-state index contributed by atoms with van der Waals surface area (Å²) in [6.07, 6.45) is 2.40. The Kier molecular flexibility index (Phi) is 5.80. The van der Waals surface area contributed by atoms with Gasteiger partial charge in [0.1, 0.15) is 0 Å². The maximum Gasteiger partial charge on any atom is 0.243 e. The molecule has 0 aromatic heterocycles. The maximum absolute atomic E-state index is 12.4. The number of hydrogen-bond acceptors (Lipinski definition) is 3. The summed E-state index contributed by atoms with van der Waals surface area (Å²) in [7, 11) is -3.33. The van der Waals surface area contributed by atoms with Crippen LogP contribution in [-0.2, 0) is 16.4 Å². The summed E-state index contributed by atoms with van der Waals surface area (Å²) in [5.41, 5.74) is 6.94. The van der Waals surface area contributed by atoms with E-state index in [4.69, 9.17) is 5.73 Å². The van der Waals surface area contributed by atoms with Crippen LogP contribution in [0.3, 0.4) is 0 Å². The van der Waals surface area contributed by atoms with E-state index >= 15 is 0 Å². The second-order valence-electron chi connectivity index (χ2n) is 4.74. The van der Waals surface area contributed by atoms with E-state index in [1.54, 1.807) is 12.1 Å². The number of nitrogens with zero attached hydrogens (tertiary/aromatic N) is 1. The molecular weight excluding hydrogens is 284 g/mol. The molecule has 0 unspecified atom stereocenters. The molecule has 0 radical (unpaired) electrons. The van der Waals surface area contributed by atoms with Gasteiger partial charge >= 0.3 is 0 Å². The van der Waals surface area contributed by atoms with Crippen LogP contribution >= 0.6 is 12.4 Å². The molecule has 1 saturated heterocycles. The largest absolute Gasteiger partial charge is 0.328 e. The number of rotatable bonds is 3. The van der Waals surface area contributed by atoms with Gasteiger partial charge in [0, 0.05) is 19.1 Å². The van der Waals surface area contributed by atoms with Gasteiger partial charge in [0.05, 0.1) is 4.90 Å². The van der Waals surface area contributed by atoms with Crippen LogP contribution in [0.2, 0.25) is 0 Å². The van der Waals surface area contributed by atoms with Crippen molar-refractivity contribution in [3.05, 3.63) is 29.8 Å². The molecule has 0 amide bonds. The Labute approximate surface area is 121 Å². The van der Waals surface area contributed by atoms with Crippen LogP contribution in [0.15, 0.2) is 29.2 Å². The van der Waals surface area contributed by atoms with Crippen molar-refractivity contribution in [3.8, 4) is 0 Å². The molecule has 0 saturated carbocycles. The molecule has 0 aliphatic carbocycles. The predicted molar refractivity (Wildman–Crippen MR) is 79.0 cm³/mol. The van der Waals surface area contributed by atoms with E-state index in [0.717, 1.165) is 24.8 Å². The minimum absolute atomic E-state index is 0. The molecule has 1 heterocycles. The van der Waals surface area contributed by atoms with Crippen LogP contribution in [0, 0.1) is 0 Å². The van der Waals surface area contributed by atoms with Gasteiger partial charge in [-0.3, -0.25) is 0 Å². The van der Waals surface area contributed by atoms with Crippen LogP contribution in [0.1, 0.15) is 25.3 Å². The van der Waals surface area contributed by atoms with E-state index in [1.807, 2.05) is 12.1 Å². The lowest BCUT2D eigenvalue weighted by Gasteiger charge is -2.29. The van der Waals surface area contributed by atoms with E-state index in [2.05, 4.69) is 6.92 Å². The van der Waals surface area contributed by atoms with Crippen molar-refractivity contribution in [2.75, 3.05) is 13.1 Å². The molecule has 1 aliphatic heterocycles. The second-order valence-corrected chi connectivity index (χ2v) is 6.68. The van der Waals surface area contributed by atoms with Gasteiger partial charge in [0.25, 0.3) is 0 Å². The van der Waals surface area contributed by atoms with Gasteiger partial charge in [-0.25, -0.2) is 8.42 Å². The molecule has 108 valence electrons. The fourth-order valence-electron chi connectivity index (χ4n) is 2.16. The van der Waals surface area contributed by atoms with Gasteiger partial charge in [0.2, 0.25) is 10.0 Å². The zero-order valence-electron chi connectivity index (χ0n) is 11.1. The first kappa shape index (κ1) is 16.4. The third-order valence-electron chi connectivity index (χ3n) is 3.47. The number of nitrogens with two attached hydrogens (primary N) is 1. The van der Waals surface area contributed by atoms with E-state index in [0.29, 0.717) is 18.0 Å². The summed E-state index contributed by atoms with van der Waals surface area (Å²) in [5, 5.41) is 0. The van der Waals surface area contributed by atoms with Gasteiger partial charge in [-0.05, 0) is 37.0 Å². The van der Waals surface area contributed by atoms with E-state index < -0.39 is 10.0 Å². The minimum atomic E-state index is -3.33. The quantitative estimate of drug-likeness (QED) is 0.926. The molecule has 1 fully saturated rings. The van der Waals surface area contributed by atoms with Gasteiger partial charge in [-0.2, -0.15) is 4.31 Å². The highest BCUT2D eigenvalue weighted by atomic mass is 35.5. The van der Waals surface area contributed by atoms with Crippen LogP contribution in [0.25, 0.3) is 0 Å². The van der Waals surface area contributed by atoms with Crippen LogP contribution in [0.4, 0.5) is 0 Å². The zero-order chi connectivity index (χ0) is 13.2. The topological polar surface area (TPSA) is 63.4 Å². The summed E-state index contributed by atoms with van der Waals surface area (Å²) < 4.78 is 26.3. The first-order chi connectivity index (χ1) is 8.54. The molecule has 2 rings (SSSR count). The van der Waals surface area contributed by atoms with Crippen molar-refractivity contribution in [1.82, 2.24) is 4.31 Å². The van der Waals surface area contributed by atoms with Crippen molar-refractivity contribution in [2.45, 2.75) is 37.1 Å². The Balaban J connectivity index is 0.00000180.